The predicted molar refractivity (Wildman–Crippen MR) is 127 cm³/mol. The fourth-order valence-corrected chi connectivity index (χ4v) is 3.63. The van der Waals surface area contributed by atoms with Crippen molar-refractivity contribution in [1.82, 2.24) is 0 Å². The Hall–Kier alpha value is -3.39. The van der Waals surface area contributed by atoms with Crippen LogP contribution in [0.4, 0.5) is 0 Å². The number of rotatable bonds is 3. The van der Waals surface area contributed by atoms with Gasteiger partial charge >= 0.3 is 0 Å². The van der Waals surface area contributed by atoms with Gasteiger partial charge < -0.3 is 4.74 Å². The van der Waals surface area contributed by atoms with Crippen molar-refractivity contribution in [2.24, 2.45) is 4.99 Å². The van der Waals surface area contributed by atoms with Crippen molar-refractivity contribution in [2.45, 2.75) is 33.2 Å². The van der Waals surface area contributed by atoms with Crippen molar-refractivity contribution in [2.75, 3.05) is 0 Å². The van der Waals surface area contributed by atoms with E-state index in [9.17, 15) is 0 Å². The van der Waals surface area contributed by atoms with Crippen LogP contribution >= 0.6 is 0 Å². The van der Waals surface area contributed by atoms with E-state index >= 15 is 0 Å². The van der Waals surface area contributed by atoms with Gasteiger partial charge in [0.2, 0.25) is 0 Å². The van der Waals surface area contributed by atoms with Crippen LogP contribution in [-0.2, 0) is 0 Å². The molecule has 0 spiro atoms. The monoisotopic (exact) mass is 393 g/mol. The van der Waals surface area contributed by atoms with Gasteiger partial charge in [0.25, 0.3) is 0 Å². The van der Waals surface area contributed by atoms with Crippen molar-refractivity contribution >= 4 is 17.0 Å². The molecule has 3 aromatic rings. The summed E-state index contributed by atoms with van der Waals surface area (Å²) in [5.74, 6) is 1.76. The number of hydrogen-bond acceptors (Lipinski definition) is 2. The second kappa shape index (κ2) is 8.16. The van der Waals surface area contributed by atoms with E-state index in [-0.39, 0.29) is 5.54 Å². The molecule has 0 fully saturated rings. The highest BCUT2D eigenvalue weighted by Crippen LogP contribution is 2.41. The van der Waals surface area contributed by atoms with Crippen LogP contribution < -0.4 is 4.74 Å². The SMILES string of the molecule is CC1=C(c2ccccc2)Oc2ccccc2/C1=C/C(=NC(C)(C)C)c1ccccc1. The molecule has 0 amide bonds. The Morgan fingerprint density at radius 3 is 2.07 bits per heavy atom. The fourth-order valence-electron chi connectivity index (χ4n) is 3.63. The molecule has 0 aliphatic carbocycles. The Labute approximate surface area is 179 Å². The number of para-hydroxylation sites is 1. The van der Waals surface area contributed by atoms with Crippen LogP contribution in [0.2, 0.25) is 0 Å². The molecule has 1 aliphatic heterocycles. The smallest absolute Gasteiger partial charge is 0.138 e. The average Bonchev–Trinajstić information content (AvgIpc) is 2.75. The summed E-state index contributed by atoms with van der Waals surface area (Å²) in [5.41, 5.74) is 6.31. The molecule has 2 heteroatoms. The standard InChI is InChI=1S/C28H27NO/c1-20-24(19-25(29-28(2,3)4)21-13-7-5-8-14-21)23-17-11-12-18-26(23)30-27(20)22-15-9-6-10-16-22/h5-19H,1-4H3/b24-19+,29-25?. The van der Waals surface area contributed by atoms with Gasteiger partial charge in [-0.3, -0.25) is 4.99 Å². The number of nitrogens with zero attached hydrogens (tertiary/aromatic N) is 1. The molecule has 0 saturated carbocycles. The van der Waals surface area contributed by atoms with Crippen LogP contribution in [-0.4, -0.2) is 11.3 Å². The maximum absolute atomic E-state index is 6.35. The number of ether oxygens (including phenoxy) is 1. The molecule has 1 heterocycles. The number of allylic oxidation sites excluding steroid dienone is 3. The fraction of sp³-hybridized carbons (Fsp3) is 0.179. The molecule has 3 aromatic carbocycles. The normalized spacial score (nSPS) is 15.7. The highest BCUT2D eigenvalue weighted by atomic mass is 16.5. The van der Waals surface area contributed by atoms with E-state index in [0.29, 0.717) is 0 Å². The van der Waals surface area contributed by atoms with Crippen molar-refractivity contribution in [3.05, 3.63) is 113 Å². The lowest BCUT2D eigenvalue weighted by Gasteiger charge is -2.25. The quantitative estimate of drug-likeness (QED) is 0.432. The zero-order valence-corrected chi connectivity index (χ0v) is 18.0. The van der Waals surface area contributed by atoms with Crippen molar-refractivity contribution in [1.29, 1.82) is 0 Å². The number of hydrogen-bond donors (Lipinski definition) is 0. The van der Waals surface area contributed by atoms with Gasteiger partial charge in [0, 0.05) is 16.7 Å². The first-order chi connectivity index (χ1) is 14.4. The minimum absolute atomic E-state index is 0.188. The van der Waals surface area contributed by atoms with Crippen LogP contribution in [0.5, 0.6) is 5.75 Å². The molecular formula is C28H27NO. The third kappa shape index (κ3) is 4.28. The lowest BCUT2D eigenvalue weighted by molar-refractivity contribution is 0.505. The van der Waals surface area contributed by atoms with E-state index in [2.05, 4.69) is 82.3 Å². The summed E-state index contributed by atoms with van der Waals surface area (Å²) in [7, 11) is 0. The lowest BCUT2D eigenvalue weighted by atomic mass is 9.90. The van der Waals surface area contributed by atoms with E-state index in [1.165, 1.54) is 0 Å². The van der Waals surface area contributed by atoms with E-state index < -0.39 is 0 Å². The number of benzene rings is 3. The van der Waals surface area contributed by atoms with Crippen LogP contribution in [0.1, 0.15) is 44.4 Å². The zero-order chi connectivity index (χ0) is 21.1. The second-order valence-corrected chi connectivity index (χ2v) is 8.51. The Bertz CT molecular complexity index is 1130. The van der Waals surface area contributed by atoms with Gasteiger partial charge in [-0.25, -0.2) is 0 Å². The van der Waals surface area contributed by atoms with Gasteiger partial charge in [-0.1, -0.05) is 78.9 Å². The summed E-state index contributed by atoms with van der Waals surface area (Å²) in [6.07, 6.45) is 2.21. The number of aliphatic imine (C=N–C) groups is 1. The summed E-state index contributed by atoms with van der Waals surface area (Å²) < 4.78 is 6.35. The minimum atomic E-state index is -0.188. The van der Waals surface area contributed by atoms with Crippen LogP contribution in [0.3, 0.4) is 0 Å². The summed E-state index contributed by atoms with van der Waals surface area (Å²) in [6, 6.07) is 28.9. The Morgan fingerprint density at radius 1 is 0.800 bits per heavy atom. The largest absolute Gasteiger partial charge is 0.456 e. The van der Waals surface area contributed by atoms with Crippen LogP contribution in [0.15, 0.2) is 102 Å². The number of fused-ring (bicyclic) bond motifs is 1. The second-order valence-electron chi connectivity index (χ2n) is 8.51. The molecule has 0 radical (unpaired) electrons. The molecule has 30 heavy (non-hydrogen) atoms. The molecule has 0 atom stereocenters. The van der Waals surface area contributed by atoms with Crippen LogP contribution in [0, 0.1) is 0 Å². The Morgan fingerprint density at radius 2 is 1.40 bits per heavy atom. The first-order valence-corrected chi connectivity index (χ1v) is 10.3. The zero-order valence-electron chi connectivity index (χ0n) is 18.0. The van der Waals surface area contributed by atoms with E-state index in [0.717, 1.165) is 45.1 Å². The maximum atomic E-state index is 6.35. The molecule has 1 aliphatic rings. The first kappa shape index (κ1) is 19.9. The molecule has 0 bridgehead atoms. The van der Waals surface area contributed by atoms with Gasteiger partial charge in [0.1, 0.15) is 11.5 Å². The molecule has 2 nitrogen and oxygen atoms in total. The summed E-state index contributed by atoms with van der Waals surface area (Å²) in [6.45, 7) is 8.52. The van der Waals surface area contributed by atoms with Crippen molar-refractivity contribution < 1.29 is 4.74 Å². The minimum Gasteiger partial charge on any atom is -0.456 e. The van der Waals surface area contributed by atoms with E-state index in [1.54, 1.807) is 0 Å². The van der Waals surface area contributed by atoms with E-state index in [4.69, 9.17) is 9.73 Å². The van der Waals surface area contributed by atoms with Gasteiger partial charge in [0.15, 0.2) is 0 Å². The molecule has 150 valence electrons. The third-order valence-corrected chi connectivity index (χ3v) is 4.98. The van der Waals surface area contributed by atoms with Gasteiger partial charge in [-0.2, -0.15) is 0 Å². The average molecular weight is 394 g/mol. The molecule has 0 aromatic heterocycles. The van der Waals surface area contributed by atoms with Gasteiger partial charge in [-0.05, 0) is 51.0 Å². The molecule has 0 unspecified atom stereocenters. The molecule has 0 saturated heterocycles. The summed E-state index contributed by atoms with van der Waals surface area (Å²) >= 11 is 0. The van der Waals surface area contributed by atoms with Crippen molar-refractivity contribution in [3.8, 4) is 5.75 Å². The summed E-state index contributed by atoms with van der Waals surface area (Å²) in [4.78, 5) is 5.06. The maximum Gasteiger partial charge on any atom is 0.138 e. The molecule has 4 rings (SSSR count). The Kier molecular flexibility index (Phi) is 5.41. The highest BCUT2D eigenvalue weighted by molar-refractivity contribution is 6.15. The van der Waals surface area contributed by atoms with E-state index in [1.807, 2.05) is 36.4 Å². The topological polar surface area (TPSA) is 21.6 Å². The van der Waals surface area contributed by atoms with Gasteiger partial charge in [0.05, 0.1) is 11.3 Å². The summed E-state index contributed by atoms with van der Waals surface area (Å²) in [5, 5.41) is 0. The third-order valence-electron chi connectivity index (χ3n) is 4.98. The lowest BCUT2D eigenvalue weighted by Crippen LogP contribution is -2.15. The Balaban J connectivity index is 1.94. The van der Waals surface area contributed by atoms with Crippen molar-refractivity contribution in [3.63, 3.8) is 0 Å². The van der Waals surface area contributed by atoms with Gasteiger partial charge in [-0.15, -0.1) is 0 Å². The molecule has 0 N–H and O–H groups in total. The predicted octanol–water partition coefficient (Wildman–Crippen LogP) is 7.18. The highest BCUT2D eigenvalue weighted by Gasteiger charge is 2.23. The molecular weight excluding hydrogens is 366 g/mol. The van der Waals surface area contributed by atoms with Crippen LogP contribution in [0.25, 0.3) is 11.3 Å². The first-order valence-electron chi connectivity index (χ1n) is 10.3.